The number of ether oxygens (including phenoxy) is 2. The molecule has 2 atom stereocenters. The Bertz CT molecular complexity index is 1320. The number of unbranched alkanes of at least 4 members (excludes halogenated alkanes) is 26. The van der Waals surface area contributed by atoms with E-state index in [0.717, 1.165) is 70.6 Å². The van der Waals surface area contributed by atoms with Crippen LogP contribution in [0.2, 0.25) is 0 Å². The van der Waals surface area contributed by atoms with E-state index < -0.39 is 26.5 Å². The molecule has 0 spiro atoms. The first-order chi connectivity index (χ1) is 32.5. The lowest BCUT2D eigenvalue weighted by atomic mass is 10.0. The predicted octanol–water partition coefficient (Wildman–Crippen LogP) is 16.1. The SMILES string of the molecule is CC/C=C\C/C=C\C/C=C\C/C=C\C/C=C\CCCCCCCCCCCCCCCCCCCC(=O)OC(COC(=O)CCCCCCCCCCCC)COP(=O)([O-])OCC[N+](C)(C)C. The first kappa shape index (κ1) is 64.7. The minimum absolute atomic E-state index is 0.0299. The third-order valence-electron chi connectivity index (χ3n) is 11.8. The van der Waals surface area contributed by atoms with Crippen LogP contribution < -0.4 is 4.89 Å². The minimum atomic E-state index is -4.63. The van der Waals surface area contributed by atoms with Gasteiger partial charge in [0.25, 0.3) is 7.82 Å². The van der Waals surface area contributed by atoms with Crippen LogP contribution in [0.15, 0.2) is 60.8 Å². The summed E-state index contributed by atoms with van der Waals surface area (Å²) >= 11 is 0. The van der Waals surface area contributed by atoms with E-state index in [1.165, 1.54) is 135 Å². The number of carbonyl (C=O) groups is 2. The number of hydrogen-bond acceptors (Lipinski definition) is 8. The molecule has 0 rings (SSSR count). The van der Waals surface area contributed by atoms with Crippen molar-refractivity contribution in [3.8, 4) is 0 Å². The maximum absolute atomic E-state index is 12.7. The molecule has 0 fully saturated rings. The van der Waals surface area contributed by atoms with Gasteiger partial charge in [-0.25, -0.2) is 0 Å². The summed E-state index contributed by atoms with van der Waals surface area (Å²) in [7, 11) is 1.17. The number of hydrogen-bond donors (Lipinski definition) is 0. The lowest BCUT2D eigenvalue weighted by Gasteiger charge is -2.28. The third-order valence-corrected chi connectivity index (χ3v) is 12.8. The van der Waals surface area contributed by atoms with Gasteiger partial charge in [-0.15, -0.1) is 0 Å². The van der Waals surface area contributed by atoms with Gasteiger partial charge in [0.15, 0.2) is 6.10 Å². The highest BCUT2D eigenvalue weighted by molar-refractivity contribution is 7.45. The van der Waals surface area contributed by atoms with E-state index in [1.54, 1.807) is 0 Å². The van der Waals surface area contributed by atoms with Gasteiger partial charge in [-0.2, -0.15) is 0 Å². The zero-order valence-corrected chi connectivity index (χ0v) is 45.0. The van der Waals surface area contributed by atoms with Gasteiger partial charge in [-0.3, -0.25) is 14.2 Å². The lowest BCUT2D eigenvalue weighted by molar-refractivity contribution is -0.870. The minimum Gasteiger partial charge on any atom is -0.756 e. The van der Waals surface area contributed by atoms with Gasteiger partial charge in [0, 0.05) is 12.8 Å². The molecule has 0 aromatic heterocycles. The largest absolute Gasteiger partial charge is 0.756 e. The van der Waals surface area contributed by atoms with Crippen molar-refractivity contribution in [2.24, 2.45) is 0 Å². The summed E-state index contributed by atoms with van der Waals surface area (Å²) in [6.07, 6.45) is 61.4. The summed E-state index contributed by atoms with van der Waals surface area (Å²) in [6, 6.07) is 0. The van der Waals surface area contributed by atoms with Gasteiger partial charge in [-0.05, 0) is 57.8 Å². The van der Waals surface area contributed by atoms with Crippen LogP contribution in [-0.2, 0) is 32.7 Å². The number of quaternary nitrogens is 1. The van der Waals surface area contributed by atoms with E-state index in [1.807, 2.05) is 21.1 Å². The number of likely N-dealkylation sites (N-methyl/N-ethyl adjacent to an activating group) is 1. The molecule has 0 aliphatic rings. The summed E-state index contributed by atoms with van der Waals surface area (Å²) in [6.45, 7) is 4.12. The fraction of sp³-hybridized carbons (Fsp3) is 0.789. The van der Waals surface area contributed by atoms with Crippen molar-refractivity contribution >= 4 is 19.8 Å². The van der Waals surface area contributed by atoms with E-state index in [2.05, 4.69) is 74.6 Å². The van der Waals surface area contributed by atoms with Gasteiger partial charge in [-0.1, -0.05) is 229 Å². The van der Waals surface area contributed by atoms with E-state index in [-0.39, 0.29) is 32.0 Å². The Balaban J connectivity index is 3.99. The van der Waals surface area contributed by atoms with E-state index >= 15 is 0 Å². The lowest BCUT2D eigenvalue weighted by Crippen LogP contribution is -2.37. The van der Waals surface area contributed by atoms with Crippen molar-refractivity contribution < 1.29 is 42.1 Å². The summed E-state index contributed by atoms with van der Waals surface area (Å²) in [4.78, 5) is 37.6. The maximum Gasteiger partial charge on any atom is 0.306 e. The molecule has 390 valence electrons. The van der Waals surface area contributed by atoms with Crippen LogP contribution in [0.5, 0.6) is 0 Å². The molecule has 0 aliphatic heterocycles. The average molecular weight is 962 g/mol. The zero-order valence-electron chi connectivity index (χ0n) is 44.1. The molecule has 0 aromatic carbocycles. The molecule has 0 saturated heterocycles. The average Bonchev–Trinajstić information content (AvgIpc) is 3.29. The normalized spacial score (nSPS) is 13.8. The molecular weight excluding hydrogens is 858 g/mol. The number of nitrogens with zero attached hydrogens (tertiary/aromatic N) is 1. The van der Waals surface area contributed by atoms with E-state index in [4.69, 9.17) is 18.5 Å². The molecule has 0 bridgehead atoms. The molecule has 2 unspecified atom stereocenters. The summed E-state index contributed by atoms with van der Waals surface area (Å²) in [5.41, 5.74) is 0. The predicted molar refractivity (Wildman–Crippen MR) is 282 cm³/mol. The quantitative estimate of drug-likeness (QED) is 0.0195. The Kier molecular flexibility index (Phi) is 47.1. The first-order valence-corrected chi connectivity index (χ1v) is 29.0. The van der Waals surface area contributed by atoms with Crippen molar-refractivity contribution in [2.45, 2.75) is 245 Å². The maximum atomic E-state index is 12.7. The summed E-state index contributed by atoms with van der Waals surface area (Å²) in [5.74, 6) is -0.828. The highest BCUT2D eigenvalue weighted by atomic mass is 31.2. The number of carbonyl (C=O) groups excluding carboxylic acids is 2. The van der Waals surface area contributed by atoms with Crippen LogP contribution in [0.4, 0.5) is 0 Å². The van der Waals surface area contributed by atoms with E-state index in [0.29, 0.717) is 17.4 Å². The molecular formula is C57H104NO8P. The van der Waals surface area contributed by atoms with Crippen molar-refractivity contribution in [1.29, 1.82) is 0 Å². The van der Waals surface area contributed by atoms with Crippen molar-refractivity contribution in [3.05, 3.63) is 60.8 Å². The molecule has 0 saturated carbocycles. The van der Waals surface area contributed by atoms with E-state index in [9.17, 15) is 19.0 Å². The highest BCUT2D eigenvalue weighted by Gasteiger charge is 2.21. The fourth-order valence-corrected chi connectivity index (χ4v) is 8.29. The number of allylic oxidation sites excluding steroid dienone is 10. The molecule has 9 nitrogen and oxygen atoms in total. The topological polar surface area (TPSA) is 111 Å². The Morgan fingerprint density at radius 1 is 0.478 bits per heavy atom. The van der Waals surface area contributed by atoms with Gasteiger partial charge >= 0.3 is 11.9 Å². The Hall–Kier alpha value is -2.29. The highest BCUT2D eigenvalue weighted by Crippen LogP contribution is 2.38. The zero-order chi connectivity index (χ0) is 49.2. The third kappa shape index (κ3) is 52.9. The molecule has 0 N–H and O–H groups in total. The molecule has 0 aliphatic carbocycles. The molecule has 0 radical (unpaired) electrons. The number of esters is 2. The second kappa shape index (κ2) is 48.7. The molecule has 0 amide bonds. The van der Waals surface area contributed by atoms with Crippen molar-refractivity contribution in [2.75, 3.05) is 47.5 Å². The van der Waals surface area contributed by atoms with Gasteiger partial charge in [0.1, 0.15) is 19.8 Å². The van der Waals surface area contributed by atoms with Gasteiger partial charge < -0.3 is 27.9 Å². The van der Waals surface area contributed by atoms with Crippen molar-refractivity contribution in [3.63, 3.8) is 0 Å². The van der Waals surface area contributed by atoms with Crippen LogP contribution in [-0.4, -0.2) is 70.0 Å². The van der Waals surface area contributed by atoms with Crippen LogP contribution in [0.3, 0.4) is 0 Å². The summed E-state index contributed by atoms with van der Waals surface area (Å²) < 4.78 is 34.0. The Morgan fingerprint density at radius 3 is 1.27 bits per heavy atom. The monoisotopic (exact) mass is 962 g/mol. The van der Waals surface area contributed by atoms with Gasteiger partial charge in [0.2, 0.25) is 0 Å². The number of phosphoric ester groups is 1. The standard InChI is InChI=1S/C57H104NO8P/c1-6-8-10-12-14-16-18-19-20-21-22-23-24-25-26-27-28-29-30-31-32-33-34-35-36-37-38-39-40-42-44-46-48-50-57(60)66-55(54-65-67(61,62)64-52-51-58(3,4)5)53-63-56(59)49-47-45-43-41-17-15-13-11-9-7-2/h8,10,14,16,19-20,22-23,25-26,55H,6-7,9,11-13,15,17-18,21,24,27-54H2,1-5H3/b10-8-,16-14-,20-19-,23-22-,26-25-. The summed E-state index contributed by atoms with van der Waals surface area (Å²) in [5, 5.41) is 0. The molecule has 0 heterocycles. The second-order valence-electron chi connectivity index (χ2n) is 19.6. The smallest absolute Gasteiger partial charge is 0.306 e. The van der Waals surface area contributed by atoms with Gasteiger partial charge in [0.05, 0.1) is 27.7 Å². The molecule has 10 heteroatoms. The molecule has 0 aromatic rings. The fourth-order valence-electron chi connectivity index (χ4n) is 7.57. The second-order valence-corrected chi connectivity index (χ2v) is 21.0. The Labute approximate surface area is 413 Å². The van der Waals surface area contributed by atoms with Crippen LogP contribution in [0, 0.1) is 0 Å². The van der Waals surface area contributed by atoms with Crippen LogP contribution in [0.25, 0.3) is 0 Å². The number of rotatable bonds is 50. The first-order valence-electron chi connectivity index (χ1n) is 27.5. The van der Waals surface area contributed by atoms with Crippen LogP contribution in [0.1, 0.15) is 239 Å². The van der Waals surface area contributed by atoms with Crippen molar-refractivity contribution in [1.82, 2.24) is 0 Å². The Morgan fingerprint density at radius 2 is 0.851 bits per heavy atom. The van der Waals surface area contributed by atoms with Crippen LogP contribution >= 0.6 is 7.82 Å². The number of phosphoric acid groups is 1. The molecule has 67 heavy (non-hydrogen) atoms.